The van der Waals surface area contributed by atoms with Gasteiger partial charge in [-0.25, -0.2) is 0 Å². The normalized spacial score (nSPS) is 16.3. The van der Waals surface area contributed by atoms with E-state index in [-0.39, 0.29) is 25.0 Å². The lowest BCUT2D eigenvalue weighted by atomic mass is 9.78. The number of carbonyl (C=O) groups is 2. The third-order valence-electron chi connectivity index (χ3n) is 6.31. The third kappa shape index (κ3) is 5.61. The maximum Gasteiger partial charge on any atom is 0.260 e. The van der Waals surface area contributed by atoms with Crippen LogP contribution < -0.4 is 9.47 Å². The molecule has 2 aliphatic rings. The van der Waals surface area contributed by atoms with Crippen molar-refractivity contribution < 1.29 is 19.1 Å². The molecule has 0 spiro atoms. The Morgan fingerprint density at radius 2 is 1.03 bits per heavy atom. The highest BCUT2D eigenvalue weighted by Gasteiger charge is 2.25. The summed E-state index contributed by atoms with van der Waals surface area (Å²) in [4.78, 5) is 27.1. The standard InChI is InChI=1S/C26H32N2O4/c1-3-23(19-5-9-21(10-6-19)31-17-25(29)27-13-14-27)24(4-2)20-7-11-22(12-8-20)32-18-26(30)28-15-16-28/h5-12,23-24H,3-4,13-18H2,1-2H3. The molecule has 2 heterocycles. The van der Waals surface area contributed by atoms with E-state index in [2.05, 4.69) is 38.1 Å². The first-order chi connectivity index (χ1) is 15.6. The van der Waals surface area contributed by atoms with Crippen molar-refractivity contribution in [1.29, 1.82) is 0 Å². The highest BCUT2D eigenvalue weighted by molar-refractivity contribution is 5.80. The second kappa shape index (κ2) is 10.1. The molecule has 6 heteroatoms. The highest BCUT2D eigenvalue weighted by atomic mass is 16.5. The van der Waals surface area contributed by atoms with Crippen LogP contribution in [-0.2, 0) is 9.59 Å². The summed E-state index contributed by atoms with van der Waals surface area (Å²) < 4.78 is 11.3. The minimum Gasteiger partial charge on any atom is -0.484 e. The molecule has 0 radical (unpaired) electrons. The molecule has 0 saturated carbocycles. The third-order valence-corrected chi connectivity index (χ3v) is 6.31. The minimum atomic E-state index is 0.0494. The molecular weight excluding hydrogens is 404 g/mol. The number of rotatable bonds is 11. The number of carbonyl (C=O) groups excluding carboxylic acids is 2. The molecule has 2 aromatic rings. The van der Waals surface area contributed by atoms with E-state index in [1.165, 1.54) is 11.1 Å². The fraction of sp³-hybridized carbons (Fsp3) is 0.462. The molecule has 32 heavy (non-hydrogen) atoms. The Balaban J connectivity index is 1.37. The van der Waals surface area contributed by atoms with Crippen molar-refractivity contribution in [2.75, 3.05) is 39.4 Å². The van der Waals surface area contributed by atoms with Crippen LogP contribution in [0, 0.1) is 0 Å². The molecule has 2 saturated heterocycles. The van der Waals surface area contributed by atoms with Crippen molar-refractivity contribution in [1.82, 2.24) is 9.80 Å². The van der Waals surface area contributed by atoms with Crippen LogP contribution in [-0.4, -0.2) is 61.0 Å². The summed E-state index contributed by atoms with van der Waals surface area (Å²) in [6.45, 7) is 8.04. The van der Waals surface area contributed by atoms with Gasteiger partial charge in [0.05, 0.1) is 0 Å². The van der Waals surface area contributed by atoms with E-state index < -0.39 is 0 Å². The number of ether oxygens (including phenoxy) is 2. The molecule has 2 amide bonds. The van der Waals surface area contributed by atoms with E-state index in [0.717, 1.165) is 50.5 Å². The molecule has 170 valence electrons. The number of benzene rings is 2. The van der Waals surface area contributed by atoms with Gasteiger partial charge in [-0.2, -0.15) is 0 Å². The second-order valence-electron chi connectivity index (χ2n) is 8.51. The summed E-state index contributed by atoms with van der Waals surface area (Å²) >= 11 is 0. The number of hydrogen-bond acceptors (Lipinski definition) is 4. The van der Waals surface area contributed by atoms with Crippen molar-refractivity contribution in [2.45, 2.75) is 38.5 Å². The van der Waals surface area contributed by atoms with Gasteiger partial charge in [0.2, 0.25) is 0 Å². The van der Waals surface area contributed by atoms with E-state index in [4.69, 9.17) is 9.47 Å². The quantitative estimate of drug-likeness (QED) is 0.503. The van der Waals surface area contributed by atoms with Crippen molar-refractivity contribution >= 4 is 11.8 Å². The monoisotopic (exact) mass is 436 g/mol. The molecule has 2 unspecified atom stereocenters. The number of amides is 2. The molecule has 0 aliphatic carbocycles. The predicted octanol–water partition coefficient (Wildman–Crippen LogP) is 3.82. The lowest BCUT2D eigenvalue weighted by molar-refractivity contribution is -0.128. The molecule has 2 atom stereocenters. The summed E-state index contributed by atoms with van der Waals surface area (Å²) in [6.07, 6.45) is 2.05. The van der Waals surface area contributed by atoms with Crippen LogP contribution in [0.25, 0.3) is 0 Å². The van der Waals surface area contributed by atoms with E-state index in [1.54, 1.807) is 9.80 Å². The molecule has 2 fully saturated rings. The van der Waals surface area contributed by atoms with E-state index in [1.807, 2.05) is 24.3 Å². The predicted molar refractivity (Wildman–Crippen MR) is 123 cm³/mol. The van der Waals surface area contributed by atoms with Gasteiger partial charge >= 0.3 is 0 Å². The van der Waals surface area contributed by atoms with Crippen LogP contribution in [0.15, 0.2) is 48.5 Å². The molecule has 6 nitrogen and oxygen atoms in total. The number of nitrogens with zero attached hydrogens (tertiary/aromatic N) is 2. The average Bonchev–Trinajstić information content (AvgIpc) is 3.73. The lowest BCUT2D eigenvalue weighted by Gasteiger charge is -2.26. The summed E-state index contributed by atoms with van der Waals surface area (Å²) in [6, 6.07) is 16.3. The average molecular weight is 437 g/mol. The molecule has 4 rings (SSSR count). The zero-order valence-electron chi connectivity index (χ0n) is 19.0. The Morgan fingerprint density at radius 1 is 0.688 bits per heavy atom. The molecule has 0 bridgehead atoms. The van der Waals surface area contributed by atoms with Gasteiger partial charge in [0, 0.05) is 26.2 Å². The van der Waals surface area contributed by atoms with Gasteiger partial charge in [-0.15, -0.1) is 0 Å². The van der Waals surface area contributed by atoms with Gasteiger partial charge in [-0.1, -0.05) is 38.1 Å². The largest absolute Gasteiger partial charge is 0.484 e. The van der Waals surface area contributed by atoms with Crippen LogP contribution in [0.2, 0.25) is 0 Å². The minimum absolute atomic E-state index is 0.0494. The van der Waals surface area contributed by atoms with Gasteiger partial charge in [0.15, 0.2) is 13.2 Å². The Bertz CT molecular complexity index is 840. The van der Waals surface area contributed by atoms with Gasteiger partial charge in [-0.05, 0) is 60.1 Å². The van der Waals surface area contributed by atoms with Gasteiger partial charge < -0.3 is 19.3 Å². The zero-order valence-corrected chi connectivity index (χ0v) is 19.0. The van der Waals surface area contributed by atoms with Crippen LogP contribution in [0.1, 0.15) is 49.7 Å². The Morgan fingerprint density at radius 3 is 1.31 bits per heavy atom. The molecule has 0 N–H and O–H groups in total. The summed E-state index contributed by atoms with van der Waals surface area (Å²) in [5.41, 5.74) is 2.54. The first-order valence-corrected chi connectivity index (χ1v) is 11.6. The molecule has 2 aromatic carbocycles. The maximum absolute atomic E-state index is 11.8. The maximum atomic E-state index is 11.8. The lowest BCUT2D eigenvalue weighted by Crippen LogP contribution is -2.19. The summed E-state index contributed by atoms with van der Waals surface area (Å²) in [5, 5.41) is 0. The fourth-order valence-corrected chi connectivity index (χ4v) is 4.20. The Labute approximate surface area is 190 Å². The highest BCUT2D eigenvalue weighted by Crippen LogP contribution is 2.39. The van der Waals surface area contributed by atoms with Crippen molar-refractivity contribution in [3.8, 4) is 11.5 Å². The number of hydrogen-bond donors (Lipinski definition) is 0. The Hall–Kier alpha value is -3.02. The van der Waals surface area contributed by atoms with Crippen LogP contribution >= 0.6 is 0 Å². The second-order valence-corrected chi connectivity index (χ2v) is 8.51. The SMILES string of the molecule is CCC(c1ccc(OCC(=O)N2CC2)cc1)C(CC)c1ccc(OCC(=O)N2CC2)cc1. The van der Waals surface area contributed by atoms with Crippen LogP contribution in [0.5, 0.6) is 11.5 Å². The van der Waals surface area contributed by atoms with E-state index >= 15 is 0 Å². The van der Waals surface area contributed by atoms with Crippen molar-refractivity contribution in [3.63, 3.8) is 0 Å². The van der Waals surface area contributed by atoms with Crippen LogP contribution in [0.3, 0.4) is 0 Å². The molecular formula is C26H32N2O4. The zero-order chi connectivity index (χ0) is 22.5. The first-order valence-electron chi connectivity index (χ1n) is 11.6. The van der Waals surface area contributed by atoms with Gasteiger partial charge in [0.25, 0.3) is 11.8 Å². The first kappa shape index (κ1) is 22.2. The summed E-state index contributed by atoms with van der Waals surface area (Å²) in [7, 11) is 0. The molecule has 0 aromatic heterocycles. The summed E-state index contributed by atoms with van der Waals surface area (Å²) in [5.74, 6) is 2.31. The van der Waals surface area contributed by atoms with Gasteiger partial charge in [-0.3, -0.25) is 9.59 Å². The van der Waals surface area contributed by atoms with Crippen LogP contribution in [0.4, 0.5) is 0 Å². The molecule has 2 aliphatic heterocycles. The topological polar surface area (TPSA) is 58.6 Å². The Kier molecular flexibility index (Phi) is 6.98. The smallest absolute Gasteiger partial charge is 0.260 e. The van der Waals surface area contributed by atoms with E-state index in [9.17, 15) is 9.59 Å². The van der Waals surface area contributed by atoms with Gasteiger partial charge in [0.1, 0.15) is 11.5 Å². The van der Waals surface area contributed by atoms with Crippen molar-refractivity contribution in [3.05, 3.63) is 59.7 Å². The fourth-order valence-electron chi connectivity index (χ4n) is 4.20. The van der Waals surface area contributed by atoms with Crippen molar-refractivity contribution in [2.24, 2.45) is 0 Å². The van der Waals surface area contributed by atoms with E-state index in [0.29, 0.717) is 11.8 Å².